The predicted octanol–water partition coefficient (Wildman–Crippen LogP) is 2.61. The predicted molar refractivity (Wildman–Crippen MR) is 75.5 cm³/mol. The normalized spacial score (nSPS) is 9.88. The van der Waals surface area contributed by atoms with Gasteiger partial charge in [-0.15, -0.1) is 22.7 Å². The maximum Gasteiger partial charge on any atom is 0.267 e. The number of rotatable bonds is 3. The summed E-state index contributed by atoms with van der Waals surface area (Å²) in [6.07, 6.45) is 0. The van der Waals surface area contributed by atoms with Gasteiger partial charge in [0.05, 0.1) is 11.4 Å². The van der Waals surface area contributed by atoms with Gasteiger partial charge in [-0.3, -0.25) is 10.1 Å². The Morgan fingerprint density at radius 3 is 2.65 bits per heavy atom. The molecule has 0 spiro atoms. The van der Waals surface area contributed by atoms with Crippen molar-refractivity contribution in [2.24, 2.45) is 0 Å². The van der Waals surface area contributed by atoms with Gasteiger partial charge in [-0.05, 0) is 35.1 Å². The summed E-state index contributed by atoms with van der Waals surface area (Å²) < 4.78 is 0. The van der Waals surface area contributed by atoms with Gasteiger partial charge < -0.3 is 5.32 Å². The number of amides is 1. The molecular formula is C11H10N2OS3. The van der Waals surface area contributed by atoms with Gasteiger partial charge in [0, 0.05) is 4.88 Å². The fourth-order valence-corrected chi connectivity index (χ4v) is 2.63. The van der Waals surface area contributed by atoms with E-state index in [1.54, 1.807) is 17.4 Å². The van der Waals surface area contributed by atoms with Crippen molar-refractivity contribution in [1.29, 1.82) is 0 Å². The van der Waals surface area contributed by atoms with E-state index in [1.807, 2.05) is 29.0 Å². The Morgan fingerprint density at radius 2 is 2.00 bits per heavy atom. The number of hydrogen-bond donors (Lipinski definition) is 2. The van der Waals surface area contributed by atoms with E-state index in [4.69, 9.17) is 12.2 Å². The Morgan fingerprint density at radius 1 is 1.24 bits per heavy atom. The minimum absolute atomic E-state index is 0.163. The first-order valence-electron chi connectivity index (χ1n) is 4.91. The molecule has 2 N–H and O–H groups in total. The van der Waals surface area contributed by atoms with Crippen LogP contribution in [0.2, 0.25) is 0 Å². The van der Waals surface area contributed by atoms with Crippen molar-refractivity contribution in [1.82, 2.24) is 10.6 Å². The highest BCUT2D eigenvalue weighted by Crippen LogP contribution is 2.08. The first-order chi connectivity index (χ1) is 8.25. The zero-order valence-electron chi connectivity index (χ0n) is 8.80. The topological polar surface area (TPSA) is 41.1 Å². The lowest BCUT2D eigenvalue weighted by Gasteiger charge is -2.07. The molecule has 0 aliphatic carbocycles. The fourth-order valence-electron chi connectivity index (χ4n) is 1.20. The van der Waals surface area contributed by atoms with Crippen LogP contribution in [0.3, 0.4) is 0 Å². The fraction of sp³-hybridized carbons (Fsp3) is 0.0909. The van der Waals surface area contributed by atoms with Gasteiger partial charge in [0.25, 0.3) is 5.91 Å². The highest BCUT2D eigenvalue weighted by Gasteiger charge is 2.07. The Balaban J connectivity index is 1.80. The molecule has 88 valence electrons. The molecule has 3 nitrogen and oxygen atoms in total. The van der Waals surface area contributed by atoms with E-state index in [0.717, 1.165) is 0 Å². The number of nitrogens with one attached hydrogen (secondary N) is 2. The first-order valence-corrected chi connectivity index (χ1v) is 7.07. The van der Waals surface area contributed by atoms with Crippen molar-refractivity contribution in [2.45, 2.75) is 6.54 Å². The highest BCUT2D eigenvalue weighted by molar-refractivity contribution is 7.80. The standard InChI is InChI=1S/C11H10N2OS3/c14-10(9-4-2-6-17-9)13-11(15)12-7-8-3-1-5-16-8/h1-6H,7H2,(H2,12,13,14,15). The Labute approximate surface area is 112 Å². The van der Waals surface area contributed by atoms with E-state index < -0.39 is 0 Å². The van der Waals surface area contributed by atoms with E-state index in [9.17, 15) is 4.79 Å². The Bertz CT molecular complexity index is 491. The molecule has 6 heteroatoms. The van der Waals surface area contributed by atoms with Crippen LogP contribution < -0.4 is 10.6 Å². The molecular weight excluding hydrogens is 272 g/mol. The summed E-state index contributed by atoms with van der Waals surface area (Å²) in [5.41, 5.74) is 0. The molecule has 0 aliphatic rings. The number of carbonyl (C=O) groups excluding carboxylic acids is 1. The van der Waals surface area contributed by atoms with E-state index in [0.29, 0.717) is 16.5 Å². The second-order valence-electron chi connectivity index (χ2n) is 3.19. The average Bonchev–Trinajstić information content (AvgIpc) is 2.99. The van der Waals surface area contributed by atoms with Crippen LogP contribution >= 0.6 is 34.9 Å². The van der Waals surface area contributed by atoms with Crippen molar-refractivity contribution in [3.63, 3.8) is 0 Å². The molecule has 0 saturated carbocycles. The van der Waals surface area contributed by atoms with Crippen LogP contribution in [-0.4, -0.2) is 11.0 Å². The average molecular weight is 282 g/mol. The zero-order chi connectivity index (χ0) is 12.1. The second kappa shape index (κ2) is 5.90. The summed E-state index contributed by atoms with van der Waals surface area (Å²) in [5.74, 6) is -0.163. The third kappa shape index (κ3) is 3.62. The maximum atomic E-state index is 11.7. The van der Waals surface area contributed by atoms with E-state index >= 15 is 0 Å². The molecule has 0 fully saturated rings. The number of thiocarbonyl (C=S) groups is 1. The minimum atomic E-state index is -0.163. The van der Waals surface area contributed by atoms with Gasteiger partial charge >= 0.3 is 0 Å². The molecule has 17 heavy (non-hydrogen) atoms. The lowest BCUT2D eigenvalue weighted by atomic mass is 10.4. The molecule has 0 aliphatic heterocycles. The van der Waals surface area contributed by atoms with E-state index in [2.05, 4.69) is 10.6 Å². The van der Waals surface area contributed by atoms with Gasteiger partial charge in [0.1, 0.15) is 0 Å². The quantitative estimate of drug-likeness (QED) is 0.850. The van der Waals surface area contributed by atoms with Crippen molar-refractivity contribution >= 4 is 45.9 Å². The van der Waals surface area contributed by atoms with Crippen LogP contribution in [0, 0.1) is 0 Å². The molecule has 2 rings (SSSR count). The maximum absolute atomic E-state index is 11.7. The molecule has 2 heterocycles. The summed E-state index contributed by atoms with van der Waals surface area (Å²) in [6, 6.07) is 7.60. The molecule has 0 saturated heterocycles. The van der Waals surface area contributed by atoms with E-state index in [1.165, 1.54) is 16.2 Å². The van der Waals surface area contributed by atoms with Crippen molar-refractivity contribution in [3.8, 4) is 0 Å². The number of thiophene rings is 2. The van der Waals surface area contributed by atoms with Gasteiger partial charge in [-0.25, -0.2) is 0 Å². The van der Waals surface area contributed by atoms with Crippen molar-refractivity contribution in [3.05, 3.63) is 44.8 Å². The van der Waals surface area contributed by atoms with Crippen LogP contribution in [0.25, 0.3) is 0 Å². The SMILES string of the molecule is O=C(NC(=S)NCc1cccs1)c1cccs1. The van der Waals surface area contributed by atoms with Crippen LogP contribution in [0.1, 0.15) is 14.5 Å². The van der Waals surface area contributed by atoms with Crippen molar-refractivity contribution < 1.29 is 4.79 Å². The minimum Gasteiger partial charge on any atom is -0.357 e. The smallest absolute Gasteiger partial charge is 0.267 e. The molecule has 1 amide bonds. The van der Waals surface area contributed by atoms with Crippen molar-refractivity contribution in [2.75, 3.05) is 0 Å². The zero-order valence-corrected chi connectivity index (χ0v) is 11.3. The molecule has 2 aromatic rings. The largest absolute Gasteiger partial charge is 0.357 e. The van der Waals surface area contributed by atoms with Crippen LogP contribution in [-0.2, 0) is 6.54 Å². The lowest BCUT2D eigenvalue weighted by Crippen LogP contribution is -2.38. The van der Waals surface area contributed by atoms with Gasteiger partial charge in [-0.1, -0.05) is 12.1 Å². The summed E-state index contributed by atoms with van der Waals surface area (Å²) in [6.45, 7) is 0.640. The summed E-state index contributed by atoms with van der Waals surface area (Å²) in [7, 11) is 0. The third-order valence-corrected chi connectivity index (χ3v) is 3.97. The van der Waals surface area contributed by atoms with Crippen LogP contribution in [0.5, 0.6) is 0 Å². The monoisotopic (exact) mass is 282 g/mol. The molecule has 0 bridgehead atoms. The number of hydrogen-bond acceptors (Lipinski definition) is 4. The van der Waals surface area contributed by atoms with Gasteiger partial charge in [-0.2, -0.15) is 0 Å². The molecule has 0 radical (unpaired) electrons. The Kier molecular flexibility index (Phi) is 4.24. The first kappa shape index (κ1) is 12.2. The molecule has 2 aromatic heterocycles. The lowest BCUT2D eigenvalue weighted by molar-refractivity contribution is 0.0980. The van der Waals surface area contributed by atoms with Gasteiger partial charge in [0.2, 0.25) is 0 Å². The van der Waals surface area contributed by atoms with E-state index in [-0.39, 0.29) is 5.91 Å². The molecule has 0 unspecified atom stereocenters. The molecule has 0 aromatic carbocycles. The van der Waals surface area contributed by atoms with Crippen LogP contribution in [0.4, 0.5) is 0 Å². The highest BCUT2D eigenvalue weighted by atomic mass is 32.1. The van der Waals surface area contributed by atoms with Gasteiger partial charge in [0.15, 0.2) is 5.11 Å². The summed E-state index contributed by atoms with van der Waals surface area (Å²) >= 11 is 8.08. The Hall–Kier alpha value is -1.24. The summed E-state index contributed by atoms with van der Waals surface area (Å²) in [5, 5.41) is 9.85. The van der Waals surface area contributed by atoms with Crippen LogP contribution in [0.15, 0.2) is 35.0 Å². The number of carbonyl (C=O) groups is 1. The molecule has 0 atom stereocenters. The summed E-state index contributed by atoms with van der Waals surface area (Å²) in [4.78, 5) is 13.5. The second-order valence-corrected chi connectivity index (χ2v) is 5.58. The third-order valence-electron chi connectivity index (χ3n) is 1.98.